The lowest BCUT2D eigenvalue weighted by atomic mass is 10.0. The van der Waals surface area contributed by atoms with Crippen LogP contribution in [0.4, 0.5) is 0 Å². The molecule has 4 N–H and O–H groups in total. The van der Waals surface area contributed by atoms with Gasteiger partial charge in [0.1, 0.15) is 17.8 Å². The topological polar surface area (TPSA) is 169 Å². The highest BCUT2D eigenvalue weighted by atomic mass is 16.5. The Hall–Kier alpha value is -5.91. The Morgan fingerprint density at radius 3 is 1.52 bits per heavy atom. The van der Waals surface area contributed by atoms with Crippen LogP contribution in [0.15, 0.2) is 79.1 Å². The van der Waals surface area contributed by atoms with Crippen LogP contribution < -0.4 is 15.4 Å². The predicted octanol–water partition coefficient (Wildman–Crippen LogP) is 3.60. The number of hydrogen-bond donors (Lipinski definition) is 4. The molecule has 236 valence electrons. The number of aromatic amines is 2. The smallest absolute Gasteiger partial charge is 0.328 e. The summed E-state index contributed by atoms with van der Waals surface area (Å²) in [6.07, 6.45) is 3.75. The molecule has 0 bridgehead atoms. The number of carbonyl (C=O) groups excluding carboxylic acids is 5. The minimum Gasteiger partial charge on any atom is -0.467 e. The van der Waals surface area contributed by atoms with Crippen LogP contribution >= 0.6 is 0 Å². The third-order valence-corrected chi connectivity index (χ3v) is 7.47. The zero-order valence-corrected chi connectivity index (χ0v) is 25.3. The van der Waals surface area contributed by atoms with Crippen molar-refractivity contribution in [2.75, 3.05) is 14.2 Å². The Kier molecular flexibility index (Phi) is 9.46. The summed E-state index contributed by atoms with van der Waals surface area (Å²) in [7, 11) is 2.43. The third kappa shape index (κ3) is 7.07. The van der Waals surface area contributed by atoms with Gasteiger partial charge in [-0.2, -0.15) is 0 Å². The second kappa shape index (κ2) is 13.8. The molecule has 2 atom stereocenters. The van der Waals surface area contributed by atoms with Crippen molar-refractivity contribution in [1.82, 2.24) is 20.6 Å². The van der Waals surface area contributed by atoms with E-state index in [0.717, 1.165) is 32.9 Å². The molecule has 0 aliphatic carbocycles. The van der Waals surface area contributed by atoms with Gasteiger partial charge in [-0.15, -0.1) is 0 Å². The molecule has 0 fully saturated rings. The van der Waals surface area contributed by atoms with Gasteiger partial charge < -0.3 is 34.8 Å². The van der Waals surface area contributed by atoms with Gasteiger partial charge in [-0.1, -0.05) is 36.4 Å². The average molecular weight is 625 g/mol. The van der Waals surface area contributed by atoms with Crippen LogP contribution in [0, 0.1) is 0 Å². The highest BCUT2D eigenvalue weighted by molar-refractivity contribution is 6.02. The fraction of sp³-hybridized carbons (Fsp3) is 0.206. The number of hydrogen-bond acceptors (Lipinski definition) is 8. The van der Waals surface area contributed by atoms with Gasteiger partial charge in [0.15, 0.2) is 0 Å². The molecular formula is C34H32N4O8. The quantitative estimate of drug-likeness (QED) is 0.128. The van der Waals surface area contributed by atoms with Gasteiger partial charge in [-0.25, -0.2) is 9.59 Å². The Labute approximate surface area is 263 Å². The maximum atomic E-state index is 13.5. The predicted molar refractivity (Wildman–Crippen MR) is 168 cm³/mol. The fourth-order valence-corrected chi connectivity index (χ4v) is 5.28. The normalized spacial score (nSPS) is 12.2. The molecule has 0 unspecified atom stereocenters. The number of para-hydroxylation sites is 2. The molecule has 46 heavy (non-hydrogen) atoms. The molecule has 2 aromatic heterocycles. The first-order chi connectivity index (χ1) is 22.2. The standard InChI is InChI=1S/C34H32N4O8/c1-19(39)46-24-13-20(31(40)37-29(33(42)44-2)15-22-17-35-27-10-6-4-8-25(22)27)12-21(14-24)32(41)38-30(34(43)45-3)16-23-18-36-28-11-7-5-9-26(23)28/h4-14,17-18,29-30,35-36H,15-16H2,1-3H3,(H,37,40)(H,38,41)/t29-,30-/m0/s1. The molecule has 0 spiro atoms. The fourth-order valence-electron chi connectivity index (χ4n) is 5.28. The highest BCUT2D eigenvalue weighted by Crippen LogP contribution is 2.23. The molecular weight excluding hydrogens is 592 g/mol. The number of rotatable bonds is 11. The van der Waals surface area contributed by atoms with Gasteiger partial charge in [-0.05, 0) is 41.5 Å². The number of fused-ring (bicyclic) bond motifs is 2. The van der Waals surface area contributed by atoms with Gasteiger partial charge in [0.05, 0.1) is 14.2 Å². The van der Waals surface area contributed by atoms with Crippen LogP contribution in [0.3, 0.4) is 0 Å². The molecule has 2 heterocycles. The monoisotopic (exact) mass is 624 g/mol. The molecule has 12 nitrogen and oxygen atoms in total. The first kappa shape index (κ1) is 31.5. The number of carbonyl (C=O) groups is 5. The number of benzene rings is 3. The number of aromatic nitrogens is 2. The van der Waals surface area contributed by atoms with Crippen molar-refractivity contribution in [2.24, 2.45) is 0 Å². The lowest BCUT2D eigenvalue weighted by Gasteiger charge is -2.18. The SMILES string of the molecule is COC(=O)[C@H](Cc1c[nH]c2ccccc12)NC(=O)c1cc(OC(C)=O)cc(C(=O)N[C@@H](Cc2c[nH]c3ccccc23)C(=O)OC)c1. The van der Waals surface area contributed by atoms with E-state index in [1.165, 1.54) is 39.3 Å². The minimum atomic E-state index is -1.08. The van der Waals surface area contributed by atoms with Crippen molar-refractivity contribution in [3.63, 3.8) is 0 Å². The van der Waals surface area contributed by atoms with Crippen molar-refractivity contribution < 1.29 is 38.2 Å². The summed E-state index contributed by atoms with van der Waals surface area (Å²) in [5.41, 5.74) is 3.17. The van der Waals surface area contributed by atoms with Crippen LogP contribution in [0.25, 0.3) is 21.8 Å². The number of nitrogens with one attached hydrogen (secondary N) is 4. The Morgan fingerprint density at radius 1 is 0.674 bits per heavy atom. The zero-order chi connectivity index (χ0) is 32.8. The summed E-state index contributed by atoms with van der Waals surface area (Å²) >= 11 is 0. The zero-order valence-electron chi connectivity index (χ0n) is 25.3. The van der Waals surface area contributed by atoms with Gasteiger partial charge in [-0.3, -0.25) is 14.4 Å². The van der Waals surface area contributed by atoms with E-state index in [2.05, 4.69) is 20.6 Å². The first-order valence-electron chi connectivity index (χ1n) is 14.4. The van der Waals surface area contributed by atoms with Gasteiger partial charge >= 0.3 is 17.9 Å². The number of H-pyrrole nitrogens is 2. The van der Waals surface area contributed by atoms with E-state index in [9.17, 15) is 24.0 Å². The highest BCUT2D eigenvalue weighted by Gasteiger charge is 2.27. The molecule has 12 heteroatoms. The van der Waals surface area contributed by atoms with E-state index in [0.29, 0.717) is 0 Å². The number of methoxy groups -OCH3 is 2. The summed E-state index contributed by atoms with van der Waals surface area (Å²) in [6, 6.07) is 16.7. The van der Waals surface area contributed by atoms with Gasteiger partial charge in [0, 0.05) is 65.1 Å². The average Bonchev–Trinajstić information content (AvgIpc) is 3.66. The van der Waals surface area contributed by atoms with E-state index in [1.807, 2.05) is 48.5 Å². The second-order valence-electron chi connectivity index (χ2n) is 10.6. The Morgan fingerprint density at radius 2 is 1.11 bits per heavy atom. The van der Waals surface area contributed by atoms with Crippen LogP contribution in [0.1, 0.15) is 38.8 Å². The maximum Gasteiger partial charge on any atom is 0.328 e. The molecule has 0 saturated carbocycles. The van der Waals surface area contributed by atoms with E-state index in [-0.39, 0.29) is 29.7 Å². The molecule has 0 saturated heterocycles. The third-order valence-electron chi connectivity index (χ3n) is 7.47. The van der Waals surface area contributed by atoms with Crippen molar-refractivity contribution in [3.8, 4) is 5.75 Å². The summed E-state index contributed by atoms with van der Waals surface area (Å²) in [5, 5.41) is 7.11. The van der Waals surface area contributed by atoms with Gasteiger partial charge in [0.25, 0.3) is 11.8 Å². The molecule has 3 aromatic carbocycles. The van der Waals surface area contributed by atoms with Crippen LogP contribution in [0.2, 0.25) is 0 Å². The van der Waals surface area contributed by atoms with Crippen molar-refractivity contribution in [3.05, 3.63) is 101 Å². The number of amides is 2. The van der Waals surface area contributed by atoms with E-state index in [1.54, 1.807) is 12.4 Å². The maximum absolute atomic E-state index is 13.5. The van der Waals surface area contributed by atoms with Crippen LogP contribution in [0.5, 0.6) is 5.75 Å². The second-order valence-corrected chi connectivity index (χ2v) is 10.6. The summed E-state index contributed by atoms with van der Waals surface area (Å²) in [5.74, 6) is -3.55. The van der Waals surface area contributed by atoms with Gasteiger partial charge in [0.2, 0.25) is 0 Å². The van der Waals surface area contributed by atoms with E-state index in [4.69, 9.17) is 14.2 Å². The molecule has 5 aromatic rings. The lowest BCUT2D eigenvalue weighted by molar-refractivity contribution is -0.143. The first-order valence-corrected chi connectivity index (χ1v) is 14.4. The Balaban J connectivity index is 1.40. The lowest BCUT2D eigenvalue weighted by Crippen LogP contribution is -2.44. The number of esters is 3. The largest absolute Gasteiger partial charge is 0.467 e. The van der Waals surface area contributed by atoms with Crippen LogP contribution in [-0.4, -0.2) is 66.0 Å². The van der Waals surface area contributed by atoms with E-state index < -0.39 is 41.8 Å². The summed E-state index contributed by atoms with van der Waals surface area (Å²) < 4.78 is 15.1. The van der Waals surface area contributed by atoms with Crippen LogP contribution in [-0.2, 0) is 36.7 Å². The van der Waals surface area contributed by atoms with Crippen molar-refractivity contribution in [1.29, 1.82) is 0 Å². The Bertz CT molecular complexity index is 1810. The summed E-state index contributed by atoms with van der Waals surface area (Å²) in [6.45, 7) is 1.18. The van der Waals surface area contributed by atoms with Crippen molar-refractivity contribution >= 4 is 51.5 Å². The molecule has 0 aliphatic heterocycles. The molecule has 5 rings (SSSR count). The minimum absolute atomic E-state index is 0.0667. The van der Waals surface area contributed by atoms with E-state index >= 15 is 0 Å². The molecule has 2 amide bonds. The summed E-state index contributed by atoms with van der Waals surface area (Å²) in [4.78, 5) is 70.6. The van der Waals surface area contributed by atoms with Crippen molar-refractivity contribution in [2.45, 2.75) is 31.8 Å². The molecule has 0 aliphatic rings. The number of ether oxygens (including phenoxy) is 3. The molecule has 0 radical (unpaired) electrons.